The number of benzene rings is 4. The van der Waals surface area contributed by atoms with Crippen molar-refractivity contribution in [2.45, 2.75) is 39.0 Å². The molecule has 4 aromatic carbocycles. The molecule has 0 fully saturated rings. The van der Waals surface area contributed by atoms with Crippen molar-refractivity contribution in [1.29, 1.82) is 0 Å². The van der Waals surface area contributed by atoms with Gasteiger partial charge in [0, 0.05) is 12.1 Å². The molecule has 1 amide bonds. The minimum absolute atomic E-state index is 0.0236. The van der Waals surface area contributed by atoms with Crippen LogP contribution in [0.4, 0.5) is 0 Å². The average Bonchev–Trinajstić information content (AvgIpc) is 3.20. The van der Waals surface area contributed by atoms with Crippen LogP contribution < -0.4 is 9.47 Å². The third kappa shape index (κ3) is 4.49. The zero-order valence-electron chi connectivity index (χ0n) is 19.8. The van der Waals surface area contributed by atoms with Crippen molar-refractivity contribution in [1.82, 2.24) is 4.90 Å². The van der Waals surface area contributed by atoms with Crippen LogP contribution in [0.15, 0.2) is 91.0 Å². The van der Waals surface area contributed by atoms with E-state index >= 15 is 0 Å². The number of hydrogen-bond acceptors (Lipinski definition) is 3. The van der Waals surface area contributed by atoms with Crippen LogP contribution in [-0.2, 0) is 6.54 Å². The number of amides is 1. The zero-order chi connectivity index (χ0) is 23.7. The summed E-state index contributed by atoms with van der Waals surface area (Å²) < 4.78 is 12.1. The smallest absolute Gasteiger partial charge is 0.255 e. The molecule has 34 heavy (non-hydrogen) atoms. The fourth-order valence-corrected chi connectivity index (χ4v) is 4.56. The molecule has 0 aliphatic carbocycles. The Kier molecular flexibility index (Phi) is 5.74. The van der Waals surface area contributed by atoms with Gasteiger partial charge in [-0.2, -0.15) is 0 Å². The Morgan fingerprint density at radius 2 is 1.53 bits per heavy atom. The van der Waals surface area contributed by atoms with Crippen molar-refractivity contribution < 1.29 is 14.3 Å². The summed E-state index contributed by atoms with van der Waals surface area (Å²) in [4.78, 5) is 15.7. The third-order valence-electron chi connectivity index (χ3n) is 6.07. The quantitative estimate of drug-likeness (QED) is 0.335. The van der Waals surface area contributed by atoms with Crippen molar-refractivity contribution in [3.63, 3.8) is 0 Å². The summed E-state index contributed by atoms with van der Waals surface area (Å²) in [6, 6.07) is 29.7. The summed E-state index contributed by atoms with van der Waals surface area (Å²) in [5, 5.41) is 2.04. The van der Waals surface area contributed by atoms with Crippen LogP contribution in [0, 0.1) is 0 Å². The first-order valence-corrected chi connectivity index (χ1v) is 11.7. The highest BCUT2D eigenvalue weighted by atomic mass is 16.5. The van der Waals surface area contributed by atoms with Crippen LogP contribution in [0.5, 0.6) is 11.5 Å². The number of nitrogens with zero attached hydrogens (tertiary/aromatic N) is 1. The van der Waals surface area contributed by atoms with Gasteiger partial charge in [-0.3, -0.25) is 4.79 Å². The molecule has 0 N–H and O–H groups in total. The van der Waals surface area contributed by atoms with E-state index < -0.39 is 0 Å². The zero-order valence-corrected chi connectivity index (χ0v) is 19.8. The monoisotopic (exact) mass is 451 g/mol. The number of carbonyl (C=O) groups is 1. The van der Waals surface area contributed by atoms with E-state index in [4.69, 9.17) is 9.47 Å². The molecular formula is C30H29NO3. The molecule has 0 aromatic heterocycles. The number of carbonyl (C=O) groups excluding carboxylic acids is 1. The van der Waals surface area contributed by atoms with Gasteiger partial charge in [-0.15, -0.1) is 0 Å². The minimum atomic E-state index is -0.252. The topological polar surface area (TPSA) is 38.8 Å². The molecule has 0 bridgehead atoms. The highest BCUT2D eigenvalue weighted by Gasteiger charge is 2.35. The van der Waals surface area contributed by atoms with Crippen LogP contribution in [0.1, 0.15) is 48.3 Å². The third-order valence-corrected chi connectivity index (χ3v) is 6.07. The minimum Gasteiger partial charge on any atom is -0.491 e. The molecule has 1 atom stereocenters. The lowest BCUT2D eigenvalue weighted by Gasteiger charge is -2.26. The molecule has 0 radical (unpaired) electrons. The predicted octanol–water partition coefficient (Wildman–Crippen LogP) is 6.79. The molecule has 4 aromatic rings. The first kappa shape index (κ1) is 22.0. The molecule has 1 aliphatic heterocycles. The van der Waals surface area contributed by atoms with Gasteiger partial charge in [0.15, 0.2) is 0 Å². The maximum absolute atomic E-state index is 13.8. The lowest BCUT2D eigenvalue weighted by Crippen LogP contribution is -2.33. The molecule has 172 valence electrons. The van der Waals surface area contributed by atoms with Gasteiger partial charge < -0.3 is 14.4 Å². The van der Waals surface area contributed by atoms with Crippen LogP contribution in [-0.4, -0.2) is 23.0 Å². The van der Waals surface area contributed by atoms with Crippen molar-refractivity contribution in [3.8, 4) is 11.5 Å². The van der Waals surface area contributed by atoms with E-state index in [9.17, 15) is 4.79 Å². The average molecular weight is 452 g/mol. The van der Waals surface area contributed by atoms with Gasteiger partial charge in [0.25, 0.3) is 5.91 Å². The van der Waals surface area contributed by atoms with Crippen LogP contribution in [0.3, 0.4) is 0 Å². The standard InChI is InChI=1S/C30H29NO3/c1-30(2,3)34-24-17-15-23(16-18-24)33-20-28-26-13-7-5-10-22(26)19-31(28)29(32)27-14-8-11-21-9-4-6-12-25(21)27/h4-18,28H,19-20H2,1-3H3. The van der Waals surface area contributed by atoms with E-state index in [1.807, 2.05) is 105 Å². The van der Waals surface area contributed by atoms with Crippen LogP contribution in [0.25, 0.3) is 10.8 Å². The summed E-state index contributed by atoms with van der Waals surface area (Å²) in [5.41, 5.74) is 2.78. The van der Waals surface area contributed by atoms with Gasteiger partial charge >= 0.3 is 0 Å². The van der Waals surface area contributed by atoms with E-state index in [2.05, 4.69) is 12.1 Å². The van der Waals surface area contributed by atoms with Gasteiger partial charge in [-0.1, -0.05) is 60.7 Å². The highest BCUT2D eigenvalue weighted by Crippen LogP contribution is 2.36. The summed E-state index contributed by atoms with van der Waals surface area (Å²) in [6.07, 6.45) is 0. The van der Waals surface area contributed by atoms with Crippen molar-refractivity contribution in [3.05, 3.63) is 108 Å². The summed E-state index contributed by atoms with van der Waals surface area (Å²) >= 11 is 0. The van der Waals surface area contributed by atoms with E-state index in [1.165, 1.54) is 5.56 Å². The normalized spacial score (nSPS) is 15.3. The Hall–Kier alpha value is -3.79. The second-order valence-electron chi connectivity index (χ2n) is 9.67. The predicted molar refractivity (Wildman–Crippen MR) is 135 cm³/mol. The van der Waals surface area contributed by atoms with E-state index in [1.54, 1.807) is 0 Å². The van der Waals surface area contributed by atoms with Crippen LogP contribution >= 0.6 is 0 Å². The Morgan fingerprint density at radius 3 is 2.32 bits per heavy atom. The molecule has 1 aliphatic rings. The van der Waals surface area contributed by atoms with Crippen molar-refractivity contribution in [2.75, 3.05) is 6.61 Å². The fourth-order valence-electron chi connectivity index (χ4n) is 4.56. The lowest BCUT2D eigenvalue weighted by atomic mass is 10.0. The summed E-state index contributed by atoms with van der Waals surface area (Å²) in [7, 11) is 0. The fraction of sp³-hybridized carbons (Fsp3) is 0.233. The molecular weight excluding hydrogens is 422 g/mol. The highest BCUT2D eigenvalue weighted by molar-refractivity contribution is 6.07. The van der Waals surface area contributed by atoms with E-state index in [0.717, 1.165) is 33.4 Å². The first-order valence-electron chi connectivity index (χ1n) is 11.7. The number of fused-ring (bicyclic) bond motifs is 2. The molecule has 4 heteroatoms. The van der Waals surface area contributed by atoms with Gasteiger partial charge in [-0.25, -0.2) is 0 Å². The molecule has 4 nitrogen and oxygen atoms in total. The Morgan fingerprint density at radius 1 is 0.853 bits per heavy atom. The van der Waals surface area contributed by atoms with Gasteiger partial charge in [0.1, 0.15) is 23.7 Å². The Balaban J connectivity index is 1.39. The number of ether oxygens (including phenoxy) is 2. The van der Waals surface area contributed by atoms with Crippen molar-refractivity contribution >= 4 is 16.7 Å². The second-order valence-corrected chi connectivity index (χ2v) is 9.67. The van der Waals surface area contributed by atoms with Gasteiger partial charge in [-0.05, 0) is 73.0 Å². The Bertz CT molecular complexity index is 1320. The van der Waals surface area contributed by atoms with E-state index in [0.29, 0.717) is 13.2 Å². The van der Waals surface area contributed by atoms with Crippen LogP contribution in [0.2, 0.25) is 0 Å². The maximum atomic E-state index is 13.8. The first-order chi connectivity index (χ1) is 16.4. The summed E-state index contributed by atoms with van der Waals surface area (Å²) in [5.74, 6) is 1.58. The molecule has 5 rings (SSSR count). The van der Waals surface area contributed by atoms with E-state index in [-0.39, 0.29) is 17.6 Å². The molecule has 0 spiro atoms. The molecule has 1 unspecified atom stereocenters. The molecule has 0 saturated carbocycles. The largest absolute Gasteiger partial charge is 0.491 e. The van der Waals surface area contributed by atoms with Gasteiger partial charge in [0.2, 0.25) is 0 Å². The maximum Gasteiger partial charge on any atom is 0.255 e. The molecule has 1 heterocycles. The summed E-state index contributed by atoms with van der Waals surface area (Å²) in [6.45, 7) is 7.03. The SMILES string of the molecule is CC(C)(C)Oc1ccc(OCC2c3ccccc3CN2C(=O)c2cccc3ccccc23)cc1. The number of rotatable bonds is 5. The van der Waals surface area contributed by atoms with Crippen molar-refractivity contribution in [2.24, 2.45) is 0 Å². The lowest BCUT2D eigenvalue weighted by molar-refractivity contribution is 0.0636. The Labute approximate surface area is 200 Å². The molecule has 0 saturated heterocycles. The number of hydrogen-bond donors (Lipinski definition) is 0. The van der Waals surface area contributed by atoms with Gasteiger partial charge in [0.05, 0.1) is 6.04 Å². The second kappa shape index (κ2) is 8.86.